The number of nitrogen functional groups attached to an aromatic ring is 1. The van der Waals surface area contributed by atoms with Crippen LogP contribution in [0.1, 0.15) is 60.3 Å². The van der Waals surface area contributed by atoms with Crippen molar-refractivity contribution in [2.24, 2.45) is 17.8 Å². The van der Waals surface area contributed by atoms with Crippen molar-refractivity contribution >= 4 is 17.4 Å². The summed E-state index contributed by atoms with van der Waals surface area (Å²) in [6, 6.07) is 0.169. The van der Waals surface area contributed by atoms with E-state index in [9.17, 15) is 14.4 Å². The van der Waals surface area contributed by atoms with E-state index in [-0.39, 0.29) is 41.8 Å². The Morgan fingerprint density at radius 3 is 2.45 bits per heavy atom. The fourth-order valence-corrected chi connectivity index (χ4v) is 4.06. The molecule has 1 amide bonds. The number of aromatic amines is 1. The van der Waals surface area contributed by atoms with E-state index < -0.39 is 11.2 Å². The topological polar surface area (TPSA) is 113 Å². The third kappa shape index (κ3) is 6.11. The summed E-state index contributed by atoms with van der Waals surface area (Å²) >= 11 is 0. The number of nitrogens with one attached hydrogen (secondary N) is 2. The number of hydrogen-bond acceptors (Lipinski definition) is 5. The van der Waals surface area contributed by atoms with Crippen molar-refractivity contribution < 1.29 is 4.79 Å². The van der Waals surface area contributed by atoms with Gasteiger partial charge in [0.2, 0.25) is 5.91 Å². The Labute approximate surface area is 172 Å². The second-order valence-electron chi connectivity index (χ2n) is 9.21. The number of anilines is 2. The molecule has 0 aromatic carbocycles. The van der Waals surface area contributed by atoms with Gasteiger partial charge < -0.3 is 16.0 Å². The van der Waals surface area contributed by atoms with Crippen LogP contribution in [0.3, 0.4) is 0 Å². The number of carbonyl (C=O) groups excluding carboxylic acids is 1. The molecule has 8 heteroatoms. The summed E-state index contributed by atoms with van der Waals surface area (Å²) in [5, 5.41) is 3.14. The zero-order chi connectivity index (χ0) is 21.7. The zero-order valence-electron chi connectivity index (χ0n) is 18.5. The quantitative estimate of drug-likeness (QED) is 0.609. The highest BCUT2D eigenvalue weighted by Gasteiger charge is 2.26. The Morgan fingerprint density at radius 1 is 1.21 bits per heavy atom. The monoisotopic (exact) mass is 407 g/mol. The lowest BCUT2D eigenvalue weighted by Crippen LogP contribution is -2.48. The number of aromatic nitrogens is 2. The van der Waals surface area contributed by atoms with Gasteiger partial charge in [-0.05, 0) is 30.6 Å². The summed E-state index contributed by atoms with van der Waals surface area (Å²) in [7, 11) is 0. The van der Waals surface area contributed by atoms with E-state index in [1.54, 1.807) is 4.90 Å². The average Bonchev–Trinajstić information content (AvgIpc) is 2.59. The maximum absolute atomic E-state index is 12.8. The standard InChI is InChI=1S/C21H37N5O3/c1-13(2)10-25(12-17(27)23-16-9-7-6-8-15(16)5)18-19(22)26(11-14(3)4)21(29)24-20(18)28/h13-16H,6-12,22H2,1-5H3,(H,23,27)(H,24,28,29). The van der Waals surface area contributed by atoms with Gasteiger partial charge in [0.1, 0.15) is 11.5 Å². The molecular weight excluding hydrogens is 370 g/mol. The number of rotatable bonds is 8. The number of carbonyl (C=O) groups is 1. The zero-order valence-corrected chi connectivity index (χ0v) is 18.5. The van der Waals surface area contributed by atoms with Gasteiger partial charge >= 0.3 is 5.69 Å². The van der Waals surface area contributed by atoms with Crippen molar-refractivity contribution in [3.8, 4) is 0 Å². The van der Waals surface area contributed by atoms with E-state index in [2.05, 4.69) is 17.2 Å². The van der Waals surface area contributed by atoms with Crippen molar-refractivity contribution in [1.82, 2.24) is 14.9 Å². The van der Waals surface area contributed by atoms with E-state index in [0.29, 0.717) is 19.0 Å². The molecule has 0 bridgehead atoms. The van der Waals surface area contributed by atoms with Crippen LogP contribution < -0.4 is 27.2 Å². The molecule has 2 atom stereocenters. The Balaban J connectivity index is 2.31. The lowest BCUT2D eigenvalue weighted by molar-refractivity contribution is -0.121. The first-order chi connectivity index (χ1) is 13.6. The van der Waals surface area contributed by atoms with Crippen LogP contribution in [0.4, 0.5) is 11.5 Å². The molecule has 1 saturated carbocycles. The van der Waals surface area contributed by atoms with Crippen LogP contribution in [0.15, 0.2) is 9.59 Å². The minimum absolute atomic E-state index is 0.0363. The number of nitrogens with zero attached hydrogens (tertiary/aromatic N) is 2. The van der Waals surface area contributed by atoms with E-state index in [0.717, 1.165) is 19.3 Å². The molecule has 164 valence electrons. The summed E-state index contributed by atoms with van der Waals surface area (Å²) in [4.78, 5) is 41.7. The van der Waals surface area contributed by atoms with Crippen molar-refractivity contribution in [1.29, 1.82) is 0 Å². The largest absolute Gasteiger partial charge is 0.383 e. The third-order valence-electron chi connectivity index (χ3n) is 5.46. The molecule has 4 N–H and O–H groups in total. The molecule has 0 spiro atoms. The predicted molar refractivity (Wildman–Crippen MR) is 117 cm³/mol. The number of nitrogens with two attached hydrogens (primary N) is 1. The minimum Gasteiger partial charge on any atom is -0.383 e. The maximum atomic E-state index is 12.8. The first-order valence-electron chi connectivity index (χ1n) is 10.8. The van der Waals surface area contributed by atoms with E-state index in [4.69, 9.17) is 5.73 Å². The van der Waals surface area contributed by atoms with Crippen molar-refractivity contribution in [2.45, 2.75) is 72.9 Å². The highest BCUT2D eigenvalue weighted by atomic mass is 16.2. The highest BCUT2D eigenvalue weighted by molar-refractivity contribution is 5.82. The molecule has 1 aliphatic rings. The average molecular weight is 408 g/mol. The number of hydrogen-bond donors (Lipinski definition) is 3. The van der Waals surface area contributed by atoms with Gasteiger partial charge in [0.05, 0.1) is 6.54 Å². The SMILES string of the molecule is CC(C)CN(CC(=O)NC1CCCCC1C)c1c(N)n(CC(C)C)c(=O)[nH]c1=O. The normalized spacial score (nSPS) is 19.6. The maximum Gasteiger partial charge on any atom is 0.330 e. The van der Waals surface area contributed by atoms with Gasteiger partial charge in [0.15, 0.2) is 0 Å². The predicted octanol–water partition coefficient (Wildman–Crippen LogP) is 1.93. The van der Waals surface area contributed by atoms with Crippen LogP contribution in [0.2, 0.25) is 0 Å². The van der Waals surface area contributed by atoms with Gasteiger partial charge in [-0.2, -0.15) is 0 Å². The first-order valence-corrected chi connectivity index (χ1v) is 10.8. The molecule has 0 saturated heterocycles. The molecule has 2 rings (SSSR count). The van der Waals surface area contributed by atoms with Crippen molar-refractivity contribution in [3.63, 3.8) is 0 Å². The molecule has 8 nitrogen and oxygen atoms in total. The smallest absolute Gasteiger partial charge is 0.330 e. The molecule has 1 aromatic rings. The van der Waals surface area contributed by atoms with Gasteiger partial charge in [-0.1, -0.05) is 47.5 Å². The minimum atomic E-state index is -0.549. The van der Waals surface area contributed by atoms with Crippen LogP contribution in [0.5, 0.6) is 0 Å². The molecule has 1 aliphatic carbocycles. The summed E-state index contributed by atoms with van der Waals surface area (Å²) in [5.74, 6) is 0.841. The Hall–Kier alpha value is -2.25. The van der Waals surface area contributed by atoms with E-state index in [1.165, 1.54) is 11.0 Å². The van der Waals surface area contributed by atoms with Crippen LogP contribution in [-0.2, 0) is 11.3 Å². The van der Waals surface area contributed by atoms with Crippen LogP contribution in [-0.4, -0.2) is 34.6 Å². The third-order valence-corrected chi connectivity index (χ3v) is 5.46. The van der Waals surface area contributed by atoms with Crippen LogP contribution >= 0.6 is 0 Å². The summed E-state index contributed by atoms with van der Waals surface area (Å²) < 4.78 is 1.38. The van der Waals surface area contributed by atoms with Crippen LogP contribution in [0.25, 0.3) is 0 Å². The Bertz CT molecular complexity index is 812. The molecular formula is C21H37N5O3. The molecule has 1 aromatic heterocycles. The second kappa shape index (κ2) is 9.98. The van der Waals surface area contributed by atoms with Crippen LogP contribution in [0, 0.1) is 17.8 Å². The molecule has 29 heavy (non-hydrogen) atoms. The summed E-state index contributed by atoms with van der Waals surface area (Å²) in [6.07, 6.45) is 4.43. The van der Waals surface area contributed by atoms with E-state index in [1.807, 2.05) is 27.7 Å². The number of H-pyrrole nitrogens is 1. The first kappa shape index (κ1) is 23.0. The molecule has 2 unspecified atom stereocenters. The second-order valence-corrected chi connectivity index (χ2v) is 9.21. The fraction of sp³-hybridized carbons (Fsp3) is 0.762. The molecule has 1 fully saturated rings. The van der Waals surface area contributed by atoms with Crippen molar-refractivity contribution in [3.05, 3.63) is 20.8 Å². The fourth-order valence-electron chi connectivity index (χ4n) is 4.06. The molecule has 0 radical (unpaired) electrons. The van der Waals surface area contributed by atoms with Gasteiger partial charge in [0.25, 0.3) is 5.56 Å². The highest BCUT2D eigenvalue weighted by Crippen LogP contribution is 2.24. The lowest BCUT2D eigenvalue weighted by atomic mass is 9.86. The molecule has 1 heterocycles. The van der Waals surface area contributed by atoms with Gasteiger partial charge in [-0.15, -0.1) is 0 Å². The number of amides is 1. The van der Waals surface area contributed by atoms with Gasteiger partial charge in [-0.25, -0.2) is 4.79 Å². The summed E-state index contributed by atoms with van der Waals surface area (Å²) in [5.41, 5.74) is 5.39. The summed E-state index contributed by atoms with van der Waals surface area (Å²) in [6.45, 7) is 11.1. The van der Waals surface area contributed by atoms with Crippen molar-refractivity contribution in [2.75, 3.05) is 23.7 Å². The van der Waals surface area contributed by atoms with Gasteiger partial charge in [0, 0.05) is 19.1 Å². The van der Waals surface area contributed by atoms with E-state index >= 15 is 0 Å². The Kier molecular flexibility index (Phi) is 7.93. The molecule has 0 aliphatic heterocycles. The lowest BCUT2D eigenvalue weighted by Gasteiger charge is -2.32. The Morgan fingerprint density at radius 2 is 1.86 bits per heavy atom. The van der Waals surface area contributed by atoms with Gasteiger partial charge in [-0.3, -0.25) is 19.1 Å².